The predicted octanol–water partition coefficient (Wildman–Crippen LogP) is 5.20. The highest BCUT2D eigenvalue weighted by Crippen LogP contribution is 2.41. The van der Waals surface area contributed by atoms with E-state index in [4.69, 9.17) is 23.2 Å². The molecular weight excluding hydrogens is 343 g/mol. The first-order valence-electron chi connectivity index (χ1n) is 7.43. The number of hydrogen-bond acceptors (Lipinski definition) is 2. The van der Waals surface area contributed by atoms with E-state index in [-0.39, 0.29) is 5.02 Å². The third-order valence-corrected chi connectivity index (χ3v) is 5.40. The van der Waals surface area contributed by atoms with Gasteiger partial charge in [-0.05, 0) is 33.0 Å². The number of rotatable bonds is 0. The summed E-state index contributed by atoms with van der Waals surface area (Å²) >= 11 is 12.5. The largest absolute Gasteiger partial charge is 0.285 e. The molecule has 0 spiro atoms. The van der Waals surface area contributed by atoms with E-state index in [2.05, 4.69) is 0 Å². The highest BCUT2D eigenvalue weighted by Gasteiger charge is 2.21. The van der Waals surface area contributed by atoms with Crippen molar-refractivity contribution in [1.82, 2.24) is 0 Å². The molecule has 0 aliphatic carbocycles. The Balaban J connectivity index is 2.37. The van der Waals surface area contributed by atoms with Crippen LogP contribution in [0.1, 0.15) is 0 Å². The second-order valence-corrected chi connectivity index (χ2v) is 6.69. The van der Waals surface area contributed by atoms with E-state index in [0.29, 0.717) is 21.2 Å². The van der Waals surface area contributed by atoms with Crippen molar-refractivity contribution >= 4 is 66.3 Å². The van der Waals surface area contributed by atoms with Gasteiger partial charge in [-0.2, -0.15) is 0 Å². The molecule has 0 aliphatic heterocycles. The van der Waals surface area contributed by atoms with Crippen molar-refractivity contribution in [2.24, 2.45) is 0 Å². The molecule has 0 heterocycles. The zero-order valence-electron chi connectivity index (χ0n) is 12.2. The molecule has 0 bridgehead atoms. The number of benzene rings is 5. The van der Waals surface area contributed by atoms with Crippen molar-refractivity contribution in [1.29, 1.82) is 0 Å². The molecule has 4 heteroatoms. The van der Waals surface area contributed by atoms with Crippen LogP contribution in [0.15, 0.2) is 58.1 Å². The first-order chi connectivity index (χ1) is 11.6. The summed E-state index contributed by atoms with van der Waals surface area (Å²) in [5.74, 6) is 0. The van der Waals surface area contributed by atoms with Crippen LogP contribution in [0.25, 0.3) is 43.1 Å². The molecule has 0 atom stereocenters. The molecule has 2 nitrogen and oxygen atoms in total. The third-order valence-electron chi connectivity index (χ3n) is 4.72. The van der Waals surface area contributed by atoms with Crippen molar-refractivity contribution in [2.45, 2.75) is 0 Å². The molecule has 24 heavy (non-hydrogen) atoms. The summed E-state index contributed by atoms with van der Waals surface area (Å²) in [6.45, 7) is 0. The minimum atomic E-state index is -0.699. The smallest absolute Gasteiger partial charge is 0.245 e. The molecule has 114 valence electrons. The third kappa shape index (κ3) is 1.52. The van der Waals surface area contributed by atoms with Gasteiger partial charge in [-0.15, -0.1) is 0 Å². The summed E-state index contributed by atoms with van der Waals surface area (Å²) in [5, 5.41) is 6.49. The van der Waals surface area contributed by atoms with Gasteiger partial charge in [-0.25, -0.2) is 0 Å². The lowest BCUT2D eigenvalue weighted by molar-refractivity contribution is 1.57. The summed E-state index contributed by atoms with van der Waals surface area (Å²) in [6.07, 6.45) is 0. The van der Waals surface area contributed by atoms with Gasteiger partial charge in [0.05, 0.1) is 5.02 Å². The second-order valence-electron chi connectivity index (χ2n) is 5.90. The molecular formula is C20H8Cl2O2. The Hall–Kier alpha value is -2.42. The molecule has 0 radical (unpaired) electrons. The monoisotopic (exact) mass is 350 g/mol. The van der Waals surface area contributed by atoms with Gasteiger partial charge in [0, 0.05) is 16.2 Å². The lowest BCUT2D eigenvalue weighted by atomic mass is 9.89. The fourth-order valence-electron chi connectivity index (χ4n) is 3.75. The molecule has 0 amide bonds. The van der Waals surface area contributed by atoms with Crippen LogP contribution >= 0.6 is 23.2 Å². The summed E-state index contributed by atoms with van der Waals surface area (Å²) in [4.78, 5) is 25.1. The van der Waals surface area contributed by atoms with Crippen LogP contribution in [-0.2, 0) is 0 Å². The topological polar surface area (TPSA) is 34.1 Å². The van der Waals surface area contributed by atoms with Crippen LogP contribution in [0.5, 0.6) is 0 Å². The van der Waals surface area contributed by atoms with Crippen LogP contribution in [0.3, 0.4) is 0 Å². The average Bonchev–Trinajstić information content (AvgIpc) is 2.59. The van der Waals surface area contributed by atoms with E-state index < -0.39 is 10.9 Å². The lowest BCUT2D eigenvalue weighted by Gasteiger charge is -2.14. The average molecular weight is 351 g/mol. The predicted molar refractivity (Wildman–Crippen MR) is 101 cm³/mol. The van der Waals surface area contributed by atoms with Crippen LogP contribution in [0.2, 0.25) is 10.0 Å². The molecule has 0 saturated carbocycles. The van der Waals surface area contributed by atoms with Gasteiger partial charge in [0.2, 0.25) is 10.9 Å². The zero-order chi connectivity index (χ0) is 16.6. The van der Waals surface area contributed by atoms with Gasteiger partial charge in [0.25, 0.3) is 0 Å². The minimum absolute atomic E-state index is 0.0999. The minimum Gasteiger partial charge on any atom is -0.285 e. The van der Waals surface area contributed by atoms with Gasteiger partial charge in [-0.3, -0.25) is 9.59 Å². The lowest BCUT2D eigenvalue weighted by Crippen LogP contribution is -2.24. The second kappa shape index (κ2) is 4.56. The van der Waals surface area contributed by atoms with Crippen LogP contribution < -0.4 is 10.9 Å². The van der Waals surface area contributed by atoms with Gasteiger partial charge in [0.15, 0.2) is 0 Å². The van der Waals surface area contributed by atoms with Crippen molar-refractivity contribution in [3.05, 3.63) is 79.0 Å². The fourth-order valence-corrected chi connectivity index (χ4v) is 4.33. The van der Waals surface area contributed by atoms with E-state index in [1.54, 1.807) is 6.07 Å². The van der Waals surface area contributed by atoms with E-state index in [0.717, 1.165) is 26.9 Å². The maximum Gasteiger partial charge on any atom is 0.245 e. The number of fused-ring (bicyclic) bond motifs is 2. The van der Waals surface area contributed by atoms with Crippen molar-refractivity contribution in [3.8, 4) is 0 Å². The Kier molecular flexibility index (Phi) is 2.66. The Morgan fingerprint density at radius 1 is 0.583 bits per heavy atom. The molecule has 0 unspecified atom stereocenters. The van der Waals surface area contributed by atoms with Crippen LogP contribution in [0, 0.1) is 0 Å². The quantitative estimate of drug-likeness (QED) is 0.218. The van der Waals surface area contributed by atoms with E-state index in [9.17, 15) is 9.59 Å². The Morgan fingerprint density at radius 2 is 1.25 bits per heavy atom. The van der Waals surface area contributed by atoms with E-state index >= 15 is 0 Å². The van der Waals surface area contributed by atoms with Crippen LogP contribution in [-0.4, -0.2) is 0 Å². The van der Waals surface area contributed by atoms with Gasteiger partial charge < -0.3 is 0 Å². The first kappa shape index (κ1) is 14.0. The van der Waals surface area contributed by atoms with Crippen molar-refractivity contribution in [2.75, 3.05) is 0 Å². The molecule has 0 fully saturated rings. The summed E-state index contributed by atoms with van der Waals surface area (Å²) in [5.41, 5.74) is -1.27. The van der Waals surface area contributed by atoms with Crippen LogP contribution in [0.4, 0.5) is 0 Å². The van der Waals surface area contributed by atoms with Gasteiger partial charge >= 0.3 is 0 Å². The summed E-state index contributed by atoms with van der Waals surface area (Å²) in [6, 6.07) is 15.4. The molecule has 5 aromatic carbocycles. The SMILES string of the molecule is O=c1c(Cl)c2c(Cl)ccc3c4cccc5cccc(c(c1=O)c23)c54. The number of halogens is 2. The maximum atomic E-state index is 12.7. The zero-order valence-corrected chi connectivity index (χ0v) is 13.7. The van der Waals surface area contributed by atoms with Crippen molar-refractivity contribution in [3.63, 3.8) is 0 Å². The molecule has 5 aromatic rings. The Labute approximate surface area is 145 Å². The molecule has 0 aromatic heterocycles. The molecule has 0 saturated heterocycles. The number of hydrogen-bond donors (Lipinski definition) is 0. The highest BCUT2D eigenvalue weighted by atomic mass is 35.5. The van der Waals surface area contributed by atoms with Crippen molar-refractivity contribution < 1.29 is 0 Å². The first-order valence-corrected chi connectivity index (χ1v) is 8.19. The Morgan fingerprint density at radius 3 is 2.00 bits per heavy atom. The molecule has 0 aliphatic rings. The van der Waals surface area contributed by atoms with E-state index in [1.807, 2.05) is 42.5 Å². The highest BCUT2D eigenvalue weighted by molar-refractivity contribution is 6.46. The van der Waals surface area contributed by atoms with E-state index in [1.165, 1.54) is 0 Å². The molecule has 0 N–H and O–H groups in total. The van der Waals surface area contributed by atoms with Gasteiger partial charge in [-0.1, -0.05) is 65.7 Å². The fraction of sp³-hybridized carbons (Fsp3) is 0. The normalized spacial score (nSPS) is 12.1. The maximum absolute atomic E-state index is 12.7. The molecule has 5 rings (SSSR count). The van der Waals surface area contributed by atoms with Gasteiger partial charge in [0.1, 0.15) is 5.02 Å². The Bertz CT molecular complexity index is 1400. The summed E-state index contributed by atoms with van der Waals surface area (Å²) in [7, 11) is 0. The summed E-state index contributed by atoms with van der Waals surface area (Å²) < 4.78 is 0. The standard InChI is InChI=1S/C20H8Cl2O2/c21-13-8-7-11-10-5-1-3-9-4-2-6-12(14(9)10)16-15(11)17(13)18(22)20(24)19(16)23/h1-8H.